The number of amides is 2. The van der Waals surface area contributed by atoms with Crippen molar-refractivity contribution in [2.45, 2.75) is 19.4 Å². The Hall–Kier alpha value is -2.15. The van der Waals surface area contributed by atoms with E-state index in [1.807, 2.05) is 32.8 Å². The minimum atomic E-state index is -1.19. The van der Waals surface area contributed by atoms with E-state index in [0.717, 1.165) is 18.2 Å². The smallest absolute Gasteiger partial charge is 0.335 e. The van der Waals surface area contributed by atoms with Crippen LogP contribution in [0.2, 0.25) is 0 Å². The molecule has 0 aliphatic carbocycles. The van der Waals surface area contributed by atoms with E-state index in [9.17, 15) is 14.0 Å². The van der Waals surface area contributed by atoms with E-state index in [4.69, 9.17) is 5.11 Å². The molecule has 21 heavy (non-hydrogen) atoms. The van der Waals surface area contributed by atoms with E-state index in [2.05, 4.69) is 10.6 Å². The van der Waals surface area contributed by atoms with Crippen LogP contribution in [-0.4, -0.2) is 48.2 Å². The van der Waals surface area contributed by atoms with Crippen LogP contribution in [0.25, 0.3) is 0 Å². The molecule has 0 radical (unpaired) electrons. The first-order valence-corrected chi connectivity index (χ1v) is 6.38. The van der Waals surface area contributed by atoms with Crippen molar-refractivity contribution in [1.29, 1.82) is 0 Å². The predicted molar refractivity (Wildman–Crippen MR) is 78.1 cm³/mol. The van der Waals surface area contributed by atoms with Crippen LogP contribution in [0.5, 0.6) is 0 Å². The van der Waals surface area contributed by atoms with Crippen molar-refractivity contribution < 1.29 is 19.1 Å². The average Bonchev–Trinajstić information content (AvgIpc) is 2.38. The van der Waals surface area contributed by atoms with Crippen molar-refractivity contribution in [2.24, 2.45) is 0 Å². The molecule has 0 aromatic heterocycles. The highest BCUT2D eigenvalue weighted by Gasteiger charge is 2.21. The van der Waals surface area contributed by atoms with Gasteiger partial charge in [-0.05, 0) is 46.1 Å². The topological polar surface area (TPSA) is 81.7 Å². The molecule has 1 aromatic rings. The minimum absolute atomic E-state index is 0.0969. The summed E-state index contributed by atoms with van der Waals surface area (Å²) in [7, 11) is 3.77. The van der Waals surface area contributed by atoms with Crippen molar-refractivity contribution in [2.75, 3.05) is 26.0 Å². The number of hydrogen-bond donors (Lipinski definition) is 3. The molecule has 1 rings (SSSR count). The molecule has 0 spiro atoms. The van der Waals surface area contributed by atoms with Crippen LogP contribution in [0.3, 0.4) is 0 Å². The number of nitrogens with zero attached hydrogens (tertiary/aromatic N) is 1. The Morgan fingerprint density at radius 3 is 2.48 bits per heavy atom. The number of carboxylic acid groups (broad SMARTS) is 1. The third kappa shape index (κ3) is 4.71. The minimum Gasteiger partial charge on any atom is -0.478 e. The molecule has 6 nitrogen and oxygen atoms in total. The van der Waals surface area contributed by atoms with Crippen molar-refractivity contribution >= 4 is 17.7 Å². The van der Waals surface area contributed by atoms with Gasteiger partial charge in [0.2, 0.25) is 0 Å². The molecule has 0 atom stereocenters. The zero-order chi connectivity index (χ0) is 16.2. The molecule has 116 valence electrons. The molecule has 0 aliphatic rings. The molecule has 0 saturated carbocycles. The molecular weight excluding hydrogens is 277 g/mol. The molecule has 2 amide bonds. The van der Waals surface area contributed by atoms with Crippen LogP contribution < -0.4 is 10.6 Å². The lowest BCUT2D eigenvalue weighted by atomic mass is 10.0. The molecule has 1 aromatic carbocycles. The number of carbonyl (C=O) groups is 2. The second kappa shape index (κ2) is 6.53. The third-order valence-corrected chi connectivity index (χ3v) is 3.35. The fourth-order valence-electron chi connectivity index (χ4n) is 1.38. The van der Waals surface area contributed by atoms with E-state index in [-0.39, 0.29) is 16.8 Å². The summed E-state index contributed by atoms with van der Waals surface area (Å²) >= 11 is 0. The van der Waals surface area contributed by atoms with Gasteiger partial charge < -0.3 is 20.6 Å². The van der Waals surface area contributed by atoms with E-state index < -0.39 is 17.8 Å². The fourth-order valence-corrected chi connectivity index (χ4v) is 1.38. The molecule has 0 heterocycles. The van der Waals surface area contributed by atoms with Crippen molar-refractivity contribution in [3.63, 3.8) is 0 Å². The molecule has 3 N–H and O–H groups in total. The monoisotopic (exact) mass is 297 g/mol. The van der Waals surface area contributed by atoms with E-state index in [1.165, 1.54) is 0 Å². The maximum absolute atomic E-state index is 13.6. The van der Waals surface area contributed by atoms with Crippen LogP contribution in [0.15, 0.2) is 18.2 Å². The summed E-state index contributed by atoms with van der Waals surface area (Å²) in [6, 6.07) is 2.62. The lowest BCUT2D eigenvalue weighted by Gasteiger charge is -2.32. The molecule has 0 aliphatic heterocycles. The maximum atomic E-state index is 13.6. The molecule has 7 heteroatoms. The summed E-state index contributed by atoms with van der Waals surface area (Å²) < 4.78 is 13.6. The van der Waals surface area contributed by atoms with Gasteiger partial charge >= 0.3 is 12.0 Å². The number of benzene rings is 1. The lowest BCUT2D eigenvalue weighted by Crippen LogP contribution is -2.49. The fraction of sp³-hybridized carbons (Fsp3) is 0.429. The largest absolute Gasteiger partial charge is 0.478 e. The van der Waals surface area contributed by atoms with E-state index in [1.54, 1.807) is 0 Å². The van der Waals surface area contributed by atoms with Gasteiger partial charge in [0.15, 0.2) is 0 Å². The number of anilines is 1. The number of rotatable bonds is 5. The van der Waals surface area contributed by atoms with Crippen molar-refractivity contribution in [3.8, 4) is 0 Å². The number of aromatic carboxylic acids is 1. The maximum Gasteiger partial charge on any atom is 0.335 e. The first kappa shape index (κ1) is 16.9. The van der Waals surface area contributed by atoms with Crippen LogP contribution in [-0.2, 0) is 0 Å². The molecule has 0 fully saturated rings. The highest BCUT2D eigenvalue weighted by atomic mass is 19.1. The van der Waals surface area contributed by atoms with E-state index >= 15 is 0 Å². The van der Waals surface area contributed by atoms with Gasteiger partial charge in [0.05, 0.1) is 11.3 Å². The van der Waals surface area contributed by atoms with Gasteiger partial charge in [-0.2, -0.15) is 0 Å². The number of carboxylic acids is 1. The van der Waals surface area contributed by atoms with Crippen molar-refractivity contribution in [1.82, 2.24) is 10.2 Å². The Kier molecular flexibility index (Phi) is 5.26. The van der Waals surface area contributed by atoms with Gasteiger partial charge in [-0.25, -0.2) is 14.0 Å². The second-order valence-electron chi connectivity index (χ2n) is 5.51. The van der Waals surface area contributed by atoms with Crippen LogP contribution in [0, 0.1) is 5.82 Å². The van der Waals surface area contributed by atoms with Gasteiger partial charge in [0.1, 0.15) is 5.82 Å². The van der Waals surface area contributed by atoms with Crippen LogP contribution >= 0.6 is 0 Å². The zero-order valence-corrected chi connectivity index (χ0v) is 12.5. The second-order valence-corrected chi connectivity index (χ2v) is 5.51. The quantitative estimate of drug-likeness (QED) is 0.776. The number of nitrogens with one attached hydrogen (secondary N) is 2. The average molecular weight is 297 g/mol. The number of halogens is 1. The Balaban J connectivity index is 2.71. The molecule has 0 bridgehead atoms. The predicted octanol–water partition coefficient (Wildman–Crippen LogP) is 1.99. The number of hydrogen-bond acceptors (Lipinski definition) is 3. The lowest BCUT2D eigenvalue weighted by molar-refractivity contribution is 0.0697. The number of urea groups is 1. The normalized spacial score (nSPS) is 11.3. The Labute approximate surface area is 122 Å². The van der Waals surface area contributed by atoms with Gasteiger partial charge in [-0.3, -0.25) is 0 Å². The standard InChI is InChI=1S/C14H20FN3O3/c1-14(2,18(3)4)8-16-13(21)17-11-7-9(12(19)20)5-6-10(11)15/h5-7H,8H2,1-4H3,(H,19,20)(H2,16,17,21). The molecular formula is C14H20FN3O3. The van der Waals surface area contributed by atoms with Crippen LogP contribution in [0.4, 0.5) is 14.9 Å². The zero-order valence-electron chi connectivity index (χ0n) is 12.5. The Bertz CT molecular complexity index is 544. The summed E-state index contributed by atoms with van der Waals surface area (Å²) in [6.07, 6.45) is 0. The summed E-state index contributed by atoms with van der Waals surface area (Å²) in [6.45, 7) is 4.24. The SMILES string of the molecule is CN(C)C(C)(C)CNC(=O)Nc1cc(C(=O)O)ccc1F. The van der Waals surface area contributed by atoms with Gasteiger partial charge in [-0.1, -0.05) is 0 Å². The first-order valence-electron chi connectivity index (χ1n) is 6.38. The van der Waals surface area contributed by atoms with Gasteiger partial charge in [0, 0.05) is 12.1 Å². The number of carbonyl (C=O) groups excluding carboxylic acids is 1. The third-order valence-electron chi connectivity index (χ3n) is 3.35. The highest BCUT2D eigenvalue weighted by Crippen LogP contribution is 2.16. The van der Waals surface area contributed by atoms with Crippen molar-refractivity contribution in [3.05, 3.63) is 29.6 Å². The van der Waals surface area contributed by atoms with Crippen LogP contribution in [0.1, 0.15) is 24.2 Å². The van der Waals surface area contributed by atoms with Gasteiger partial charge in [0.25, 0.3) is 0 Å². The molecule has 0 unspecified atom stereocenters. The summed E-state index contributed by atoms with van der Waals surface area (Å²) in [5.74, 6) is -1.88. The Morgan fingerprint density at radius 2 is 1.95 bits per heavy atom. The number of likely N-dealkylation sites (N-methyl/N-ethyl adjacent to an activating group) is 1. The molecule has 0 saturated heterocycles. The highest BCUT2D eigenvalue weighted by molar-refractivity contribution is 5.93. The van der Waals surface area contributed by atoms with E-state index in [0.29, 0.717) is 6.54 Å². The Morgan fingerprint density at radius 1 is 1.33 bits per heavy atom. The van der Waals surface area contributed by atoms with Gasteiger partial charge in [-0.15, -0.1) is 0 Å². The first-order chi connectivity index (χ1) is 9.63. The summed E-state index contributed by atoms with van der Waals surface area (Å²) in [5, 5.41) is 13.8. The summed E-state index contributed by atoms with van der Waals surface area (Å²) in [5.41, 5.74) is -0.533. The summed E-state index contributed by atoms with van der Waals surface area (Å²) in [4.78, 5) is 24.5.